The number of carbonyl (C=O) groups is 2. The van der Waals surface area contributed by atoms with Gasteiger partial charge in [-0.05, 0) is 43.5 Å². The molecule has 2 amide bonds. The van der Waals surface area contributed by atoms with Crippen LogP contribution in [0.25, 0.3) is 10.9 Å². The van der Waals surface area contributed by atoms with Crippen LogP contribution in [0.2, 0.25) is 0 Å². The van der Waals surface area contributed by atoms with E-state index >= 15 is 0 Å². The zero-order chi connectivity index (χ0) is 19.7. The highest BCUT2D eigenvalue weighted by molar-refractivity contribution is 5.98. The van der Waals surface area contributed by atoms with Crippen molar-refractivity contribution in [2.24, 2.45) is 5.73 Å². The van der Waals surface area contributed by atoms with E-state index in [1.807, 2.05) is 42.2 Å². The third-order valence-electron chi connectivity index (χ3n) is 5.36. The average Bonchev–Trinajstić information content (AvgIpc) is 2.72. The molecule has 0 aliphatic carbocycles. The molecule has 1 atom stereocenters. The van der Waals surface area contributed by atoms with Crippen molar-refractivity contribution >= 4 is 22.7 Å². The number of carbonyl (C=O) groups excluding carboxylic acids is 2. The van der Waals surface area contributed by atoms with E-state index in [2.05, 4.69) is 4.98 Å². The van der Waals surface area contributed by atoms with Gasteiger partial charge in [0.2, 0.25) is 0 Å². The maximum atomic E-state index is 13.0. The highest BCUT2D eigenvalue weighted by Crippen LogP contribution is 2.31. The Kier molecular flexibility index (Phi) is 4.77. The molecule has 142 valence electrons. The standard InChI is InChI=1S/C22H22N4O2/c1-14-12-24-9-8-17(14)22(28)26-10-4-6-16(13-26)20-18(21(23)27)11-15-5-2-3-7-19(15)25-20/h2-3,5,7-9,11-12,16H,4,6,10,13H2,1H3,(H2,23,27)/t16-/m0/s1. The molecule has 6 heteroatoms. The number of aryl methyl sites for hydroxylation is 1. The van der Waals surface area contributed by atoms with Crippen LogP contribution >= 0.6 is 0 Å². The molecule has 0 bridgehead atoms. The molecule has 0 saturated carbocycles. The number of hydrogen-bond donors (Lipinski definition) is 1. The predicted molar refractivity (Wildman–Crippen MR) is 107 cm³/mol. The van der Waals surface area contributed by atoms with Crippen LogP contribution in [0.3, 0.4) is 0 Å². The summed E-state index contributed by atoms with van der Waals surface area (Å²) < 4.78 is 0. The number of nitrogens with zero attached hydrogens (tertiary/aromatic N) is 3. The van der Waals surface area contributed by atoms with Crippen LogP contribution in [0, 0.1) is 6.92 Å². The summed E-state index contributed by atoms with van der Waals surface area (Å²) in [6, 6.07) is 11.2. The summed E-state index contributed by atoms with van der Waals surface area (Å²) in [6.07, 6.45) is 5.06. The van der Waals surface area contributed by atoms with Crippen LogP contribution in [0.4, 0.5) is 0 Å². The van der Waals surface area contributed by atoms with Crippen molar-refractivity contribution < 1.29 is 9.59 Å². The Morgan fingerprint density at radius 1 is 1.18 bits per heavy atom. The van der Waals surface area contributed by atoms with E-state index < -0.39 is 5.91 Å². The number of piperidine rings is 1. The van der Waals surface area contributed by atoms with E-state index in [0.29, 0.717) is 29.9 Å². The summed E-state index contributed by atoms with van der Waals surface area (Å²) in [5.41, 5.74) is 9.14. The van der Waals surface area contributed by atoms with Crippen LogP contribution < -0.4 is 5.73 Å². The third kappa shape index (κ3) is 3.33. The fraction of sp³-hybridized carbons (Fsp3) is 0.273. The van der Waals surface area contributed by atoms with Crippen LogP contribution in [0.1, 0.15) is 50.7 Å². The Morgan fingerprint density at radius 3 is 2.79 bits per heavy atom. The summed E-state index contributed by atoms with van der Waals surface area (Å²) in [6.45, 7) is 3.10. The monoisotopic (exact) mass is 374 g/mol. The Labute approximate surface area is 163 Å². The summed E-state index contributed by atoms with van der Waals surface area (Å²) in [5, 5.41) is 0.885. The van der Waals surface area contributed by atoms with Crippen LogP contribution in [0.5, 0.6) is 0 Å². The first-order valence-corrected chi connectivity index (χ1v) is 9.44. The first-order valence-electron chi connectivity index (χ1n) is 9.44. The number of para-hydroxylation sites is 1. The number of aromatic nitrogens is 2. The van der Waals surface area contributed by atoms with E-state index in [-0.39, 0.29) is 11.8 Å². The lowest BCUT2D eigenvalue weighted by atomic mass is 9.90. The van der Waals surface area contributed by atoms with E-state index in [9.17, 15) is 9.59 Å². The molecule has 2 aromatic heterocycles. The molecule has 0 unspecified atom stereocenters. The van der Waals surface area contributed by atoms with Gasteiger partial charge in [0, 0.05) is 42.4 Å². The molecule has 3 heterocycles. The van der Waals surface area contributed by atoms with Gasteiger partial charge in [0.15, 0.2) is 0 Å². The average molecular weight is 374 g/mol. The minimum atomic E-state index is -0.485. The number of rotatable bonds is 3. The number of likely N-dealkylation sites (tertiary alicyclic amines) is 1. The fourth-order valence-corrected chi connectivity index (χ4v) is 3.91. The molecule has 0 radical (unpaired) electrons. The molecule has 6 nitrogen and oxygen atoms in total. The zero-order valence-corrected chi connectivity index (χ0v) is 15.8. The molecular formula is C22H22N4O2. The Bertz CT molecular complexity index is 1060. The molecule has 28 heavy (non-hydrogen) atoms. The fourth-order valence-electron chi connectivity index (χ4n) is 3.91. The van der Waals surface area contributed by atoms with Crippen LogP contribution in [-0.4, -0.2) is 39.8 Å². The Morgan fingerprint density at radius 2 is 2.00 bits per heavy atom. The summed E-state index contributed by atoms with van der Waals surface area (Å²) in [4.78, 5) is 35.8. The first kappa shape index (κ1) is 18.1. The largest absolute Gasteiger partial charge is 0.366 e. The molecule has 0 spiro atoms. The number of amides is 2. The van der Waals surface area contributed by atoms with E-state index in [1.54, 1.807) is 18.5 Å². The lowest BCUT2D eigenvalue weighted by molar-refractivity contribution is 0.0705. The molecule has 1 aliphatic rings. The molecule has 3 aromatic rings. The second-order valence-electron chi connectivity index (χ2n) is 7.26. The smallest absolute Gasteiger partial charge is 0.254 e. The Balaban J connectivity index is 1.68. The maximum absolute atomic E-state index is 13.0. The SMILES string of the molecule is Cc1cnccc1C(=O)N1CCC[C@H](c2nc3ccccc3cc2C(N)=O)C1. The van der Waals surface area contributed by atoms with Gasteiger partial charge in [-0.1, -0.05) is 18.2 Å². The molecule has 1 aliphatic heterocycles. The molecule has 1 aromatic carbocycles. The number of benzene rings is 1. The third-order valence-corrected chi connectivity index (χ3v) is 5.36. The van der Waals surface area contributed by atoms with Crippen LogP contribution in [0.15, 0.2) is 48.8 Å². The van der Waals surface area contributed by atoms with Crippen molar-refractivity contribution in [3.05, 3.63) is 71.2 Å². The van der Waals surface area contributed by atoms with Gasteiger partial charge >= 0.3 is 0 Å². The molecule has 4 rings (SSSR count). The predicted octanol–water partition coefficient (Wildman–Crippen LogP) is 3.06. The summed E-state index contributed by atoms with van der Waals surface area (Å²) in [7, 11) is 0. The quantitative estimate of drug-likeness (QED) is 0.763. The second kappa shape index (κ2) is 7.38. The highest BCUT2D eigenvalue weighted by Gasteiger charge is 2.29. The van der Waals surface area contributed by atoms with Gasteiger partial charge in [0.05, 0.1) is 16.8 Å². The number of nitrogens with two attached hydrogens (primary N) is 1. The van der Waals surface area contributed by atoms with Gasteiger partial charge in [-0.2, -0.15) is 0 Å². The van der Waals surface area contributed by atoms with Crippen molar-refractivity contribution in [2.75, 3.05) is 13.1 Å². The summed E-state index contributed by atoms with van der Waals surface area (Å²) >= 11 is 0. The van der Waals surface area contributed by atoms with Crippen LogP contribution in [-0.2, 0) is 0 Å². The Hall–Kier alpha value is -3.28. The topological polar surface area (TPSA) is 89.2 Å². The van der Waals surface area contributed by atoms with E-state index in [0.717, 1.165) is 29.3 Å². The van der Waals surface area contributed by atoms with Crippen molar-refractivity contribution in [1.29, 1.82) is 0 Å². The summed E-state index contributed by atoms with van der Waals surface area (Å²) in [5.74, 6) is -0.514. The van der Waals surface area contributed by atoms with Crippen molar-refractivity contribution in [3.8, 4) is 0 Å². The lowest BCUT2D eigenvalue weighted by Crippen LogP contribution is -2.40. The highest BCUT2D eigenvalue weighted by atomic mass is 16.2. The molecular weight excluding hydrogens is 352 g/mol. The number of fused-ring (bicyclic) bond motifs is 1. The molecule has 1 fully saturated rings. The normalized spacial score (nSPS) is 16.9. The minimum absolute atomic E-state index is 0.00832. The van der Waals surface area contributed by atoms with Gasteiger partial charge in [-0.15, -0.1) is 0 Å². The molecule has 1 saturated heterocycles. The van der Waals surface area contributed by atoms with Crippen molar-refractivity contribution in [3.63, 3.8) is 0 Å². The number of pyridine rings is 2. The number of primary amides is 1. The van der Waals surface area contributed by atoms with E-state index in [1.165, 1.54) is 0 Å². The van der Waals surface area contributed by atoms with Gasteiger partial charge in [0.1, 0.15) is 0 Å². The van der Waals surface area contributed by atoms with Crippen molar-refractivity contribution in [1.82, 2.24) is 14.9 Å². The lowest BCUT2D eigenvalue weighted by Gasteiger charge is -2.33. The maximum Gasteiger partial charge on any atom is 0.254 e. The van der Waals surface area contributed by atoms with E-state index in [4.69, 9.17) is 10.7 Å². The van der Waals surface area contributed by atoms with Gasteiger partial charge in [-0.25, -0.2) is 0 Å². The van der Waals surface area contributed by atoms with Gasteiger partial charge in [0.25, 0.3) is 11.8 Å². The first-order chi connectivity index (χ1) is 13.5. The van der Waals surface area contributed by atoms with Crippen molar-refractivity contribution in [2.45, 2.75) is 25.7 Å². The van der Waals surface area contributed by atoms with Gasteiger partial charge < -0.3 is 10.6 Å². The zero-order valence-electron chi connectivity index (χ0n) is 15.8. The second-order valence-corrected chi connectivity index (χ2v) is 7.26. The molecule has 2 N–H and O–H groups in total. The number of hydrogen-bond acceptors (Lipinski definition) is 4. The van der Waals surface area contributed by atoms with Gasteiger partial charge in [-0.3, -0.25) is 19.6 Å². The minimum Gasteiger partial charge on any atom is -0.366 e.